The summed E-state index contributed by atoms with van der Waals surface area (Å²) in [5.41, 5.74) is 3.74. The van der Waals surface area contributed by atoms with Crippen LogP contribution in [0.5, 0.6) is 0 Å². The molecular weight excluding hydrogens is 461 g/mol. The fourth-order valence-corrected chi connectivity index (χ4v) is 6.46. The predicted octanol–water partition coefficient (Wildman–Crippen LogP) is 4.65. The van der Waals surface area contributed by atoms with Crippen LogP contribution in [0.2, 0.25) is 0 Å². The van der Waals surface area contributed by atoms with Crippen molar-refractivity contribution in [1.29, 1.82) is 0 Å². The molecule has 0 spiro atoms. The molecule has 3 aliphatic carbocycles. The average molecular weight is 486 g/mol. The average Bonchev–Trinajstić information content (AvgIpc) is 3.66. The third-order valence-electron chi connectivity index (χ3n) is 8.07. The van der Waals surface area contributed by atoms with Crippen LogP contribution in [-0.2, 0) is 9.53 Å². The molecule has 0 saturated heterocycles. The third kappa shape index (κ3) is 3.09. The highest BCUT2D eigenvalue weighted by atomic mass is 19.1. The smallest absolute Gasteiger partial charge is 0.311 e. The molecule has 0 aromatic carbocycles. The number of nitrogens with one attached hydrogen (secondary N) is 2. The van der Waals surface area contributed by atoms with Gasteiger partial charge < -0.3 is 14.3 Å². The van der Waals surface area contributed by atoms with E-state index in [2.05, 4.69) is 35.9 Å². The minimum atomic E-state index is -0.423. The maximum Gasteiger partial charge on any atom is 0.311 e. The molecule has 3 saturated carbocycles. The zero-order valence-corrected chi connectivity index (χ0v) is 19.6. The number of H-pyrrole nitrogens is 2. The molecule has 0 radical (unpaired) electrons. The van der Waals surface area contributed by atoms with Crippen molar-refractivity contribution in [2.45, 2.75) is 31.7 Å². The van der Waals surface area contributed by atoms with Crippen LogP contribution in [0, 0.1) is 23.6 Å². The molecule has 0 unspecified atom stereocenters. The number of hydrogen-bond acceptors (Lipinski definition) is 6. The van der Waals surface area contributed by atoms with E-state index in [0.29, 0.717) is 34.3 Å². The number of esters is 1. The molecule has 182 valence electrons. The number of methoxy groups -OCH3 is 1. The van der Waals surface area contributed by atoms with Crippen LogP contribution in [0.1, 0.15) is 31.7 Å². The summed E-state index contributed by atoms with van der Waals surface area (Å²) in [6.07, 6.45) is 12.7. The van der Waals surface area contributed by atoms with E-state index in [9.17, 15) is 9.18 Å². The van der Waals surface area contributed by atoms with Crippen molar-refractivity contribution in [2.24, 2.45) is 17.8 Å². The number of rotatable bonds is 4. The molecular formula is C26H24FN7O2. The summed E-state index contributed by atoms with van der Waals surface area (Å²) >= 11 is 0. The Morgan fingerprint density at radius 1 is 1.11 bits per heavy atom. The van der Waals surface area contributed by atoms with Crippen molar-refractivity contribution in [3.63, 3.8) is 0 Å². The Kier molecular flexibility index (Phi) is 4.70. The molecule has 8 rings (SSSR count). The molecule has 36 heavy (non-hydrogen) atoms. The first-order valence-electron chi connectivity index (χ1n) is 12.2. The molecule has 5 aromatic heterocycles. The number of pyridine rings is 1. The molecule has 2 N–H and O–H groups in total. The van der Waals surface area contributed by atoms with Gasteiger partial charge in [0, 0.05) is 46.7 Å². The molecule has 5 heterocycles. The summed E-state index contributed by atoms with van der Waals surface area (Å²) in [5.74, 6) is 0.309. The standard InChI is InChI=1S/C26H24FN7O2/c1-36-26(35)21-13-2-4-14(5-3-13)22(21)34-12-19(20-6-7-31-33-20)18-11-30-24(32-25(18)34)17-10-29-23-16(17)8-15(27)9-28-23/h6-14,21-22H,2-5H2,1H3,(H,28,29)(H,31,33)/t13?,14?,21-,22-/m1/s1. The van der Waals surface area contributed by atoms with Gasteiger partial charge in [-0.25, -0.2) is 19.3 Å². The van der Waals surface area contributed by atoms with E-state index < -0.39 is 5.82 Å². The number of fused-ring (bicyclic) bond motifs is 5. The van der Waals surface area contributed by atoms with Gasteiger partial charge in [-0.2, -0.15) is 5.10 Å². The van der Waals surface area contributed by atoms with Gasteiger partial charge in [-0.15, -0.1) is 0 Å². The second kappa shape index (κ2) is 7.97. The number of carbonyl (C=O) groups is 1. The minimum Gasteiger partial charge on any atom is -0.469 e. The normalized spacial score (nSPS) is 23.5. The first kappa shape index (κ1) is 21.2. The zero-order valence-electron chi connectivity index (χ0n) is 19.6. The molecule has 10 heteroatoms. The number of carbonyl (C=O) groups excluding carboxylic acids is 1. The highest BCUT2D eigenvalue weighted by Gasteiger charge is 2.49. The fourth-order valence-electron chi connectivity index (χ4n) is 6.46. The van der Waals surface area contributed by atoms with Gasteiger partial charge in [0.05, 0.1) is 31.0 Å². The molecule has 9 nitrogen and oxygen atoms in total. The zero-order chi connectivity index (χ0) is 24.4. The highest BCUT2D eigenvalue weighted by Crippen LogP contribution is 2.53. The van der Waals surface area contributed by atoms with Crippen LogP contribution in [0.3, 0.4) is 0 Å². The van der Waals surface area contributed by atoms with Crippen molar-refractivity contribution in [3.8, 4) is 22.6 Å². The Balaban J connectivity index is 1.45. The molecule has 3 aliphatic rings. The largest absolute Gasteiger partial charge is 0.469 e. The van der Waals surface area contributed by atoms with Gasteiger partial charge in [0.15, 0.2) is 5.82 Å². The number of aromatic nitrogens is 7. The summed E-state index contributed by atoms with van der Waals surface area (Å²) < 4.78 is 21.4. The van der Waals surface area contributed by atoms with Crippen LogP contribution < -0.4 is 0 Å². The molecule has 2 atom stereocenters. The lowest BCUT2D eigenvalue weighted by Gasteiger charge is -2.47. The van der Waals surface area contributed by atoms with Gasteiger partial charge in [-0.3, -0.25) is 9.89 Å². The van der Waals surface area contributed by atoms with Crippen LogP contribution in [0.15, 0.2) is 43.1 Å². The lowest BCUT2D eigenvalue weighted by atomic mass is 9.61. The van der Waals surface area contributed by atoms with Crippen molar-refractivity contribution >= 4 is 28.0 Å². The monoisotopic (exact) mass is 485 g/mol. The van der Waals surface area contributed by atoms with Gasteiger partial charge in [0.2, 0.25) is 0 Å². The Hall–Kier alpha value is -4.08. The lowest BCUT2D eigenvalue weighted by Crippen LogP contribution is -2.45. The first-order valence-corrected chi connectivity index (χ1v) is 12.2. The van der Waals surface area contributed by atoms with Gasteiger partial charge in [0.1, 0.15) is 17.1 Å². The van der Waals surface area contributed by atoms with Crippen LogP contribution in [-0.4, -0.2) is 47.8 Å². The second-order valence-corrected chi connectivity index (χ2v) is 9.82. The number of nitrogens with zero attached hydrogens (tertiary/aromatic N) is 5. The highest BCUT2D eigenvalue weighted by molar-refractivity contribution is 5.96. The summed E-state index contributed by atoms with van der Waals surface area (Å²) in [6.45, 7) is 0. The van der Waals surface area contributed by atoms with Crippen molar-refractivity contribution in [2.75, 3.05) is 7.11 Å². The Bertz CT molecular complexity index is 1600. The summed E-state index contributed by atoms with van der Waals surface area (Å²) in [6, 6.07) is 3.28. The van der Waals surface area contributed by atoms with Crippen molar-refractivity contribution < 1.29 is 13.9 Å². The molecule has 2 bridgehead atoms. The summed E-state index contributed by atoms with van der Waals surface area (Å²) in [5, 5.41) is 8.65. The Labute approximate surface area is 205 Å². The molecule has 3 fully saturated rings. The van der Waals surface area contributed by atoms with Gasteiger partial charge in [0.25, 0.3) is 0 Å². The number of ether oxygens (including phenoxy) is 1. The van der Waals surface area contributed by atoms with Crippen LogP contribution in [0.25, 0.3) is 44.7 Å². The van der Waals surface area contributed by atoms with E-state index in [-0.39, 0.29) is 17.9 Å². The summed E-state index contributed by atoms with van der Waals surface area (Å²) in [7, 11) is 1.47. The third-order valence-corrected chi connectivity index (χ3v) is 8.07. The maximum atomic E-state index is 14.0. The minimum absolute atomic E-state index is 0.0612. The van der Waals surface area contributed by atoms with Gasteiger partial charge in [-0.1, -0.05) is 0 Å². The topological polar surface area (TPSA) is 114 Å². The molecule has 0 amide bonds. The molecule has 5 aromatic rings. The van der Waals surface area contributed by atoms with Gasteiger partial charge in [-0.05, 0) is 49.7 Å². The van der Waals surface area contributed by atoms with E-state index in [4.69, 9.17) is 9.72 Å². The van der Waals surface area contributed by atoms with Crippen molar-refractivity contribution in [1.82, 2.24) is 34.7 Å². The number of aromatic amines is 2. The van der Waals surface area contributed by atoms with E-state index in [1.165, 1.54) is 19.4 Å². The van der Waals surface area contributed by atoms with Gasteiger partial charge >= 0.3 is 5.97 Å². The predicted molar refractivity (Wildman–Crippen MR) is 130 cm³/mol. The number of halogens is 1. The van der Waals surface area contributed by atoms with E-state index >= 15 is 0 Å². The number of hydrogen-bond donors (Lipinski definition) is 2. The first-order chi connectivity index (χ1) is 17.6. The van der Waals surface area contributed by atoms with Crippen LogP contribution >= 0.6 is 0 Å². The van der Waals surface area contributed by atoms with Crippen molar-refractivity contribution in [3.05, 3.63) is 48.9 Å². The quantitative estimate of drug-likeness (QED) is 0.358. The molecule has 0 aliphatic heterocycles. The summed E-state index contributed by atoms with van der Waals surface area (Å²) in [4.78, 5) is 29.9. The Morgan fingerprint density at radius 3 is 2.72 bits per heavy atom. The lowest BCUT2D eigenvalue weighted by molar-refractivity contribution is -0.155. The second-order valence-electron chi connectivity index (χ2n) is 9.82. The van der Waals surface area contributed by atoms with Crippen LogP contribution in [0.4, 0.5) is 4.39 Å². The van der Waals surface area contributed by atoms with E-state index in [0.717, 1.165) is 48.0 Å². The van der Waals surface area contributed by atoms with E-state index in [1.807, 2.05) is 6.07 Å². The Morgan fingerprint density at radius 2 is 1.94 bits per heavy atom. The fraction of sp³-hybridized carbons (Fsp3) is 0.346. The van der Waals surface area contributed by atoms with E-state index in [1.54, 1.807) is 18.6 Å². The SMILES string of the molecule is COC(=O)[C@@H]1C2CCC(CC2)[C@H]1n1cc(-c2ccn[nH]2)c2cnc(-c3c[nH]c4ncc(F)cc34)nc21. The maximum absolute atomic E-state index is 14.0.